The van der Waals surface area contributed by atoms with E-state index in [1.54, 1.807) is 7.11 Å². The lowest BCUT2D eigenvalue weighted by Crippen LogP contribution is -2.13. The van der Waals surface area contributed by atoms with Gasteiger partial charge in [0.2, 0.25) is 0 Å². The highest BCUT2D eigenvalue weighted by Gasteiger charge is 2.04. The monoisotopic (exact) mass is 301 g/mol. The number of ether oxygens (including phenoxy) is 1. The van der Waals surface area contributed by atoms with E-state index in [9.17, 15) is 0 Å². The second-order valence-electron chi connectivity index (χ2n) is 3.64. The third-order valence-corrected chi connectivity index (χ3v) is 2.96. The van der Waals surface area contributed by atoms with Crippen LogP contribution in [0.4, 0.5) is 0 Å². The molecule has 0 atom stereocenters. The maximum Gasteiger partial charge on any atom is 0.0750 e. The predicted molar refractivity (Wildman–Crippen MR) is 74.0 cm³/mol. The summed E-state index contributed by atoms with van der Waals surface area (Å²) < 4.78 is 8.02. The quantitative estimate of drug-likeness (QED) is 0.749. The Morgan fingerprint density at radius 3 is 3.12 bits per heavy atom. The molecular formula is C12H20BrN3O. The average Bonchev–Trinajstić information content (AvgIpc) is 2.68. The molecule has 0 saturated carbocycles. The van der Waals surface area contributed by atoms with Gasteiger partial charge in [-0.15, -0.1) is 0 Å². The zero-order valence-corrected chi connectivity index (χ0v) is 12.0. The van der Waals surface area contributed by atoms with Crippen molar-refractivity contribution in [1.29, 1.82) is 0 Å². The first-order valence-corrected chi connectivity index (χ1v) is 6.66. The molecule has 96 valence electrons. The van der Waals surface area contributed by atoms with Crippen LogP contribution in [0.15, 0.2) is 16.7 Å². The van der Waals surface area contributed by atoms with Gasteiger partial charge in [-0.25, -0.2) is 0 Å². The van der Waals surface area contributed by atoms with Crippen LogP contribution in [-0.2, 0) is 11.3 Å². The Morgan fingerprint density at radius 2 is 2.41 bits per heavy atom. The molecule has 4 nitrogen and oxygen atoms in total. The summed E-state index contributed by atoms with van der Waals surface area (Å²) in [5.41, 5.74) is 1.10. The molecule has 0 aliphatic heterocycles. The smallest absolute Gasteiger partial charge is 0.0750 e. The topological polar surface area (TPSA) is 39.1 Å². The summed E-state index contributed by atoms with van der Waals surface area (Å²) in [6, 6.07) is 0. The van der Waals surface area contributed by atoms with E-state index in [-0.39, 0.29) is 0 Å². The first-order valence-electron chi connectivity index (χ1n) is 5.87. The highest BCUT2D eigenvalue weighted by molar-refractivity contribution is 9.10. The maximum absolute atomic E-state index is 5.06. The van der Waals surface area contributed by atoms with Crippen LogP contribution in [-0.4, -0.2) is 36.6 Å². The van der Waals surface area contributed by atoms with Crippen LogP contribution in [0.1, 0.15) is 19.0 Å². The van der Waals surface area contributed by atoms with E-state index < -0.39 is 0 Å². The van der Waals surface area contributed by atoms with Crippen molar-refractivity contribution in [2.75, 3.05) is 26.8 Å². The van der Waals surface area contributed by atoms with Crippen molar-refractivity contribution in [3.05, 3.63) is 22.4 Å². The van der Waals surface area contributed by atoms with Crippen LogP contribution in [0.5, 0.6) is 0 Å². The number of halogens is 1. The molecule has 0 radical (unpaired) electrons. The number of nitrogens with zero attached hydrogens (tertiary/aromatic N) is 2. The van der Waals surface area contributed by atoms with Crippen molar-refractivity contribution >= 4 is 22.0 Å². The number of nitrogens with one attached hydrogen (secondary N) is 1. The second-order valence-corrected chi connectivity index (χ2v) is 4.49. The lowest BCUT2D eigenvalue weighted by atomic mass is 10.3. The van der Waals surface area contributed by atoms with E-state index in [2.05, 4.69) is 45.4 Å². The molecular weight excluding hydrogens is 282 g/mol. The molecule has 0 saturated heterocycles. The van der Waals surface area contributed by atoms with Gasteiger partial charge in [-0.3, -0.25) is 4.68 Å². The Morgan fingerprint density at radius 1 is 1.59 bits per heavy atom. The fourth-order valence-electron chi connectivity index (χ4n) is 1.45. The van der Waals surface area contributed by atoms with E-state index in [0.29, 0.717) is 6.61 Å². The SMILES string of the molecule is CCNCC/C=C/c1c(Br)cnn1CCOC. The van der Waals surface area contributed by atoms with Gasteiger partial charge in [0.25, 0.3) is 0 Å². The van der Waals surface area contributed by atoms with Crippen LogP contribution in [0.25, 0.3) is 6.08 Å². The summed E-state index contributed by atoms with van der Waals surface area (Å²) in [7, 11) is 1.70. The van der Waals surface area contributed by atoms with Crippen molar-refractivity contribution < 1.29 is 4.74 Å². The Bertz CT molecular complexity index is 350. The van der Waals surface area contributed by atoms with E-state index in [1.807, 2.05) is 10.9 Å². The van der Waals surface area contributed by atoms with Crippen LogP contribution >= 0.6 is 15.9 Å². The normalized spacial score (nSPS) is 11.5. The highest BCUT2D eigenvalue weighted by Crippen LogP contribution is 2.17. The molecule has 0 aromatic carbocycles. The molecule has 0 bridgehead atoms. The molecule has 1 N–H and O–H groups in total. The van der Waals surface area contributed by atoms with Crippen molar-refractivity contribution in [2.24, 2.45) is 0 Å². The van der Waals surface area contributed by atoms with Crippen LogP contribution in [0, 0.1) is 0 Å². The summed E-state index contributed by atoms with van der Waals surface area (Å²) >= 11 is 3.50. The van der Waals surface area contributed by atoms with E-state index in [4.69, 9.17) is 4.74 Å². The standard InChI is InChI=1S/C12H20BrN3O/c1-3-14-7-5-4-6-12-11(13)10-15-16(12)8-9-17-2/h4,6,10,14H,3,5,7-9H2,1-2H3/b6-4+. The average molecular weight is 302 g/mol. The zero-order valence-electron chi connectivity index (χ0n) is 10.4. The lowest BCUT2D eigenvalue weighted by molar-refractivity contribution is 0.183. The molecule has 5 heteroatoms. The van der Waals surface area contributed by atoms with E-state index in [1.165, 1.54) is 0 Å². The van der Waals surface area contributed by atoms with E-state index in [0.717, 1.165) is 36.2 Å². The molecule has 0 spiro atoms. The predicted octanol–water partition coefficient (Wildman–Crippen LogP) is 2.30. The largest absolute Gasteiger partial charge is 0.383 e. The van der Waals surface area contributed by atoms with Crippen molar-refractivity contribution in [3.8, 4) is 0 Å². The van der Waals surface area contributed by atoms with Crippen molar-refractivity contribution in [3.63, 3.8) is 0 Å². The highest BCUT2D eigenvalue weighted by atomic mass is 79.9. The fraction of sp³-hybridized carbons (Fsp3) is 0.583. The molecule has 0 aliphatic carbocycles. The minimum Gasteiger partial charge on any atom is -0.383 e. The molecule has 0 amide bonds. The summed E-state index contributed by atoms with van der Waals surface area (Å²) in [4.78, 5) is 0. The maximum atomic E-state index is 5.06. The fourth-order valence-corrected chi connectivity index (χ4v) is 1.88. The third kappa shape index (κ3) is 5.02. The van der Waals surface area contributed by atoms with Gasteiger partial charge in [-0.2, -0.15) is 5.10 Å². The van der Waals surface area contributed by atoms with Gasteiger partial charge >= 0.3 is 0 Å². The van der Waals surface area contributed by atoms with Crippen molar-refractivity contribution in [1.82, 2.24) is 15.1 Å². The molecule has 17 heavy (non-hydrogen) atoms. The van der Waals surface area contributed by atoms with E-state index >= 15 is 0 Å². The Labute approximate surface area is 111 Å². The van der Waals surface area contributed by atoms with Crippen LogP contribution in [0.3, 0.4) is 0 Å². The first kappa shape index (κ1) is 14.4. The Hall–Kier alpha value is -0.650. The van der Waals surface area contributed by atoms with Gasteiger partial charge in [0.15, 0.2) is 0 Å². The van der Waals surface area contributed by atoms with Gasteiger partial charge in [0, 0.05) is 7.11 Å². The van der Waals surface area contributed by atoms with Crippen molar-refractivity contribution in [2.45, 2.75) is 19.9 Å². The number of hydrogen-bond donors (Lipinski definition) is 1. The van der Waals surface area contributed by atoms with Gasteiger partial charge < -0.3 is 10.1 Å². The number of aromatic nitrogens is 2. The second kappa shape index (κ2) is 8.44. The minimum atomic E-state index is 0.673. The lowest BCUT2D eigenvalue weighted by Gasteiger charge is -2.03. The molecule has 1 aromatic heterocycles. The molecule has 1 heterocycles. The number of rotatable bonds is 8. The van der Waals surface area contributed by atoms with Crippen LogP contribution in [0.2, 0.25) is 0 Å². The Balaban J connectivity index is 2.52. The van der Waals surface area contributed by atoms with Crippen LogP contribution < -0.4 is 5.32 Å². The minimum absolute atomic E-state index is 0.673. The third-order valence-electron chi connectivity index (χ3n) is 2.35. The zero-order chi connectivity index (χ0) is 12.5. The Kier molecular flexibility index (Phi) is 7.16. The van der Waals surface area contributed by atoms with Gasteiger partial charge in [0.1, 0.15) is 0 Å². The molecule has 0 fully saturated rings. The van der Waals surface area contributed by atoms with Gasteiger partial charge in [-0.1, -0.05) is 13.0 Å². The van der Waals surface area contributed by atoms with Gasteiger partial charge in [-0.05, 0) is 41.5 Å². The number of methoxy groups -OCH3 is 1. The molecule has 0 aliphatic rings. The summed E-state index contributed by atoms with van der Waals surface area (Å²) in [6.45, 7) is 5.58. The summed E-state index contributed by atoms with van der Waals surface area (Å²) in [6.07, 6.45) is 7.10. The molecule has 1 aromatic rings. The molecule has 1 rings (SSSR count). The number of hydrogen-bond acceptors (Lipinski definition) is 3. The summed E-state index contributed by atoms with van der Waals surface area (Å²) in [5, 5.41) is 7.58. The summed E-state index contributed by atoms with van der Waals surface area (Å²) in [5.74, 6) is 0. The first-order chi connectivity index (χ1) is 8.29. The van der Waals surface area contributed by atoms with Gasteiger partial charge in [0.05, 0.1) is 29.5 Å². The molecule has 0 unspecified atom stereocenters.